The Hall–Kier alpha value is -1.89. The third-order valence-electron chi connectivity index (χ3n) is 4.70. The summed E-state index contributed by atoms with van der Waals surface area (Å²) in [6, 6.07) is 4.86. The number of nitrogens with zero attached hydrogens (tertiary/aromatic N) is 1. The van der Waals surface area contributed by atoms with Gasteiger partial charge in [-0.2, -0.15) is 0 Å². The van der Waals surface area contributed by atoms with Crippen molar-refractivity contribution < 1.29 is 18.0 Å². The fourth-order valence-electron chi connectivity index (χ4n) is 3.06. The van der Waals surface area contributed by atoms with Gasteiger partial charge in [0.25, 0.3) is 0 Å². The van der Waals surface area contributed by atoms with Gasteiger partial charge in [-0.15, -0.1) is 0 Å². The highest BCUT2D eigenvalue weighted by Gasteiger charge is 2.29. The number of hydrogen-bond acceptors (Lipinski definition) is 4. The summed E-state index contributed by atoms with van der Waals surface area (Å²) in [4.78, 5) is 25.5. The minimum absolute atomic E-state index is 0.0502. The number of carbonyl (C=O) groups is 2. The van der Waals surface area contributed by atoms with Gasteiger partial charge in [0.15, 0.2) is 9.84 Å². The molecule has 1 aromatic rings. The van der Waals surface area contributed by atoms with Crippen LogP contribution in [0, 0.1) is 5.92 Å². The Morgan fingerprint density at radius 1 is 1.23 bits per heavy atom. The number of sulfone groups is 1. The zero-order valence-corrected chi connectivity index (χ0v) is 16.7. The number of hydrogen-bond donors (Lipinski definition) is 1. The van der Waals surface area contributed by atoms with Crippen LogP contribution in [0.5, 0.6) is 0 Å². The number of rotatable bonds is 7. The second-order valence-corrected chi connectivity index (χ2v) is 9.67. The van der Waals surface area contributed by atoms with Crippen molar-refractivity contribution in [1.29, 1.82) is 0 Å². The summed E-state index contributed by atoms with van der Waals surface area (Å²) in [6.45, 7) is 8.33. The van der Waals surface area contributed by atoms with Crippen molar-refractivity contribution in [3.63, 3.8) is 0 Å². The van der Waals surface area contributed by atoms with E-state index in [1.54, 1.807) is 24.0 Å². The average molecular weight is 381 g/mol. The molecular weight excluding hydrogens is 352 g/mol. The van der Waals surface area contributed by atoms with Crippen molar-refractivity contribution in [3.05, 3.63) is 23.8 Å². The number of carbonyl (C=O) groups excluding carboxylic acids is 2. The molecule has 1 atom stereocenters. The molecule has 26 heavy (non-hydrogen) atoms. The molecule has 0 bridgehead atoms. The molecular formula is C19H28N2O4S. The van der Waals surface area contributed by atoms with E-state index >= 15 is 0 Å². The molecule has 1 aliphatic heterocycles. The van der Waals surface area contributed by atoms with E-state index in [4.69, 9.17) is 0 Å². The molecule has 0 fully saturated rings. The van der Waals surface area contributed by atoms with Crippen LogP contribution in [-0.2, 0) is 25.8 Å². The lowest BCUT2D eigenvalue weighted by molar-refractivity contribution is -0.121. The molecule has 6 nitrogen and oxygen atoms in total. The molecule has 0 aromatic heterocycles. The van der Waals surface area contributed by atoms with E-state index in [0.29, 0.717) is 25.4 Å². The third-order valence-corrected chi connectivity index (χ3v) is 6.84. The summed E-state index contributed by atoms with van der Waals surface area (Å²) in [5.74, 6) is 0.189. The monoisotopic (exact) mass is 380 g/mol. The van der Waals surface area contributed by atoms with Crippen LogP contribution in [0.15, 0.2) is 23.1 Å². The molecule has 1 aromatic carbocycles. The van der Waals surface area contributed by atoms with E-state index in [9.17, 15) is 18.0 Å². The molecule has 1 N–H and O–H groups in total. The number of nitrogens with one attached hydrogen (secondary N) is 1. The average Bonchev–Trinajstić information content (AvgIpc) is 2.97. The van der Waals surface area contributed by atoms with Crippen LogP contribution in [0.25, 0.3) is 0 Å². The Balaban J connectivity index is 2.08. The standard InChI is InChI=1S/C19H28N2O4S/c1-13(2)7-9-20-19(23)11-14(3)26(24,25)17-5-6-18-16(12-17)8-10-21(18)15(4)22/h5-6,12-14H,7-11H2,1-4H3,(H,20,23)/t14-/m1/s1. The Kier molecular flexibility index (Phi) is 6.44. The first-order chi connectivity index (χ1) is 12.1. The van der Waals surface area contributed by atoms with Crippen LogP contribution in [0.4, 0.5) is 5.69 Å². The second-order valence-electron chi connectivity index (χ2n) is 7.30. The normalized spacial score (nSPS) is 15.0. The van der Waals surface area contributed by atoms with Crippen molar-refractivity contribution in [1.82, 2.24) is 5.32 Å². The molecule has 7 heteroatoms. The van der Waals surface area contributed by atoms with Gasteiger partial charge >= 0.3 is 0 Å². The van der Waals surface area contributed by atoms with Gasteiger partial charge in [0, 0.05) is 32.1 Å². The zero-order chi connectivity index (χ0) is 19.5. The van der Waals surface area contributed by atoms with Gasteiger partial charge in [0.2, 0.25) is 11.8 Å². The van der Waals surface area contributed by atoms with Crippen molar-refractivity contribution in [3.8, 4) is 0 Å². The van der Waals surface area contributed by atoms with Gasteiger partial charge in [-0.05, 0) is 49.4 Å². The van der Waals surface area contributed by atoms with Crippen LogP contribution in [0.1, 0.15) is 46.1 Å². The van der Waals surface area contributed by atoms with Crippen LogP contribution >= 0.6 is 0 Å². The van der Waals surface area contributed by atoms with E-state index in [1.807, 2.05) is 0 Å². The molecule has 0 unspecified atom stereocenters. The number of fused-ring (bicyclic) bond motifs is 1. The first-order valence-electron chi connectivity index (χ1n) is 9.04. The van der Waals surface area contributed by atoms with E-state index in [0.717, 1.165) is 17.7 Å². The SMILES string of the molecule is CC(=O)N1CCc2cc(S(=O)(=O)[C@H](C)CC(=O)NCCC(C)C)ccc21. The maximum Gasteiger partial charge on any atom is 0.223 e. The lowest BCUT2D eigenvalue weighted by Gasteiger charge is -2.16. The first kappa shape index (κ1) is 20.4. The summed E-state index contributed by atoms with van der Waals surface area (Å²) in [5.41, 5.74) is 1.63. The quantitative estimate of drug-likeness (QED) is 0.787. The predicted molar refractivity (Wildman–Crippen MR) is 102 cm³/mol. The van der Waals surface area contributed by atoms with Crippen LogP contribution in [-0.4, -0.2) is 38.6 Å². The zero-order valence-electron chi connectivity index (χ0n) is 15.9. The lowest BCUT2D eigenvalue weighted by Crippen LogP contribution is -2.31. The van der Waals surface area contributed by atoms with E-state index < -0.39 is 15.1 Å². The number of amides is 2. The largest absolute Gasteiger partial charge is 0.356 e. The highest BCUT2D eigenvalue weighted by Crippen LogP contribution is 2.31. The molecule has 0 spiro atoms. The van der Waals surface area contributed by atoms with Crippen LogP contribution in [0.3, 0.4) is 0 Å². The van der Waals surface area contributed by atoms with Gasteiger partial charge in [-0.1, -0.05) is 13.8 Å². The van der Waals surface area contributed by atoms with Gasteiger partial charge in [0.05, 0.1) is 10.1 Å². The highest BCUT2D eigenvalue weighted by atomic mass is 32.2. The topological polar surface area (TPSA) is 83.6 Å². The molecule has 0 aliphatic carbocycles. The van der Waals surface area contributed by atoms with Crippen molar-refractivity contribution in [2.45, 2.75) is 57.1 Å². The molecule has 0 saturated carbocycles. The van der Waals surface area contributed by atoms with E-state index in [1.165, 1.54) is 13.0 Å². The molecule has 2 amide bonds. The third kappa shape index (κ3) is 4.63. The number of anilines is 1. The second kappa shape index (κ2) is 8.20. The van der Waals surface area contributed by atoms with Crippen molar-refractivity contribution in [2.24, 2.45) is 5.92 Å². The Labute approximate surface area is 155 Å². The fraction of sp³-hybridized carbons (Fsp3) is 0.579. The van der Waals surface area contributed by atoms with Gasteiger partial charge in [-0.3, -0.25) is 9.59 Å². The Bertz CT molecular complexity index is 787. The fourth-order valence-corrected chi connectivity index (χ4v) is 4.46. The van der Waals surface area contributed by atoms with Crippen LogP contribution in [0.2, 0.25) is 0 Å². The molecule has 2 rings (SSSR count). The summed E-state index contributed by atoms with van der Waals surface area (Å²) in [5, 5.41) is 1.98. The minimum atomic E-state index is -3.60. The Morgan fingerprint density at radius 3 is 2.54 bits per heavy atom. The highest BCUT2D eigenvalue weighted by molar-refractivity contribution is 7.92. The molecule has 0 saturated heterocycles. The van der Waals surface area contributed by atoms with E-state index in [2.05, 4.69) is 19.2 Å². The maximum atomic E-state index is 12.8. The maximum absolute atomic E-state index is 12.8. The van der Waals surface area contributed by atoms with E-state index in [-0.39, 0.29) is 23.1 Å². The van der Waals surface area contributed by atoms with Crippen molar-refractivity contribution in [2.75, 3.05) is 18.0 Å². The summed E-state index contributed by atoms with van der Waals surface area (Å²) < 4.78 is 25.6. The molecule has 144 valence electrons. The van der Waals surface area contributed by atoms with Crippen LogP contribution < -0.4 is 10.2 Å². The van der Waals surface area contributed by atoms with Gasteiger partial charge in [-0.25, -0.2) is 8.42 Å². The predicted octanol–water partition coefficient (Wildman–Crippen LogP) is 2.31. The summed E-state index contributed by atoms with van der Waals surface area (Å²) in [7, 11) is -3.60. The minimum Gasteiger partial charge on any atom is -0.356 e. The molecule has 1 heterocycles. The molecule has 1 aliphatic rings. The summed E-state index contributed by atoms with van der Waals surface area (Å²) >= 11 is 0. The lowest BCUT2D eigenvalue weighted by atomic mass is 10.1. The first-order valence-corrected chi connectivity index (χ1v) is 10.6. The summed E-state index contributed by atoms with van der Waals surface area (Å²) in [6.07, 6.45) is 1.45. The van der Waals surface area contributed by atoms with Gasteiger partial charge in [0.1, 0.15) is 0 Å². The smallest absolute Gasteiger partial charge is 0.223 e. The van der Waals surface area contributed by atoms with Crippen molar-refractivity contribution >= 4 is 27.3 Å². The molecule has 0 radical (unpaired) electrons. The van der Waals surface area contributed by atoms with Gasteiger partial charge < -0.3 is 10.2 Å². The number of benzene rings is 1. The Morgan fingerprint density at radius 2 is 1.92 bits per heavy atom.